The molecule has 0 saturated carbocycles. The first-order valence-electron chi connectivity index (χ1n) is 10.8. The van der Waals surface area contributed by atoms with Crippen LogP contribution in [0.5, 0.6) is 0 Å². The van der Waals surface area contributed by atoms with Crippen LogP contribution in [-0.2, 0) is 19.7 Å². The summed E-state index contributed by atoms with van der Waals surface area (Å²) in [6.45, 7) is 9.48. The van der Waals surface area contributed by atoms with Crippen molar-refractivity contribution in [1.82, 2.24) is 15.1 Å². The van der Waals surface area contributed by atoms with Crippen molar-refractivity contribution >= 4 is 17.7 Å². The van der Waals surface area contributed by atoms with Crippen LogP contribution in [0.2, 0.25) is 0 Å². The summed E-state index contributed by atoms with van der Waals surface area (Å²) < 4.78 is 5.47. The number of amides is 3. The van der Waals surface area contributed by atoms with Gasteiger partial charge in [0.1, 0.15) is 6.10 Å². The molecule has 1 aromatic rings. The maximum atomic E-state index is 12.5. The van der Waals surface area contributed by atoms with Gasteiger partial charge in [-0.15, -0.1) is 0 Å². The van der Waals surface area contributed by atoms with Crippen molar-refractivity contribution < 1.29 is 19.1 Å². The Bertz CT molecular complexity index is 756. The van der Waals surface area contributed by atoms with Gasteiger partial charge in [-0.25, -0.2) is 0 Å². The topological polar surface area (TPSA) is 79.0 Å². The molecule has 3 amide bonds. The van der Waals surface area contributed by atoms with E-state index in [4.69, 9.17) is 4.74 Å². The molecule has 2 heterocycles. The molecule has 2 saturated heterocycles. The van der Waals surface area contributed by atoms with Gasteiger partial charge in [-0.05, 0) is 36.0 Å². The fraction of sp³-hybridized carbons (Fsp3) is 0.609. The summed E-state index contributed by atoms with van der Waals surface area (Å²) in [6, 6.07) is 7.58. The van der Waals surface area contributed by atoms with Gasteiger partial charge in [-0.3, -0.25) is 14.4 Å². The molecule has 7 nitrogen and oxygen atoms in total. The van der Waals surface area contributed by atoms with E-state index in [1.165, 1.54) is 5.56 Å². The highest BCUT2D eigenvalue weighted by Crippen LogP contribution is 2.22. The van der Waals surface area contributed by atoms with Gasteiger partial charge in [0.2, 0.25) is 5.91 Å². The van der Waals surface area contributed by atoms with E-state index in [-0.39, 0.29) is 35.7 Å². The highest BCUT2D eigenvalue weighted by molar-refractivity contribution is 5.94. The lowest BCUT2D eigenvalue weighted by molar-refractivity contribution is -0.145. The van der Waals surface area contributed by atoms with Gasteiger partial charge in [0.25, 0.3) is 11.8 Å². The van der Waals surface area contributed by atoms with E-state index in [9.17, 15) is 14.4 Å². The normalized spacial score (nSPS) is 19.6. The van der Waals surface area contributed by atoms with Crippen molar-refractivity contribution in [2.75, 3.05) is 39.3 Å². The molecule has 7 heteroatoms. The minimum atomic E-state index is -0.306. The van der Waals surface area contributed by atoms with Gasteiger partial charge >= 0.3 is 0 Å². The number of piperazine rings is 1. The van der Waals surface area contributed by atoms with E-state index >= 15 is 0 Å². The highest BCUT2D eigenvalue weighted by atomic mass is 16.5. The third-order valence-electron chi connectivity index (χ3n) is 5.79. The zero-order chi connectivity index (χ0) is 21.7. The summed E-state index contributed by atoms with van der Waals surface area (Å²) in [5.74, 6) is -0.123. The van der Waals surface area contributed by atoms with Crippen LogP contribution < -0.4 is 5.32 Å². The molecule has 30 heavy (non-hydrogen) atoms. The number of benzene rings is 1. The van der Waals surface area contributed by atoms with Crippen LogP contribution in [0.25, 0.3) is 0 Å². The Hall–Kier alpha value is -2.41. The van der Waals surface area contributed by atoms with Crippen LogP contribution >= 0.6 is 0 Å². The van der Waals surface area contributed by atoms with Crippen molar-refractivity contribution in [2.24, 2.45) is 0 Å². The average molecular weight is 416 g/mol. The first-order valence-corrected chi connectivity index (χ1v) is 10.8. The Kier molecular flexibility index (Phi) is 7.13. The number of rotatable bonds is 5. The first kappa shape index (κ1) is 22.3. The van der Waals surface area contributed by atoms with Gasteiger partial charge in [0.15, 0.2) is 0 Å². The standard InChI is InChI=1S/C23H33N3O4/c1-23(2,3)18-8-6-17(7-9-18)21(28)24-11-10-20(27)25-12-14-26(15-13-25)22(29)19-5-4-16-30-19/h6-9,19H,4-5,10-16H2,1-3H3,(H,24,28). The van der Waals surface area contributed by atoms with Crippen LogP contribution in [0.4, 0.5) is 0 Å². The molecule has 164 valence electrons. The zero-order valence-corrected chi connectivity index (χ0v) is 18.3. The number of nitrogens with zero attached hydrogens (tertiary/aromatic N) is 2. The van der Waals surface area contributed by atoms with Crippen molar-refractivity contribution in [3.8, 4) is 0 Å². The van der Waals surface area contributed by atoms with Crippen LogP contribution in [0.1, 0.15) is 56.0 Å². The lowest BCUT2D eigenvalue weighted by Crippen LogP contribution is -2.53. The third kappa shape index (κ3) is 5.59. The Morgan fingerprint density at radius 1 is 1.03 bits per heavy atom. The predicted octanol–water partition coefficient (Wildman–Crippen LogP) is 1.95. The van der Waals surface area contributed by atoms with Crippen LogP contribution in [0.15, 0.2) is 24.3 Å². The van der Waals surface area contributed by atoms with Gasteiger partial charge in [0, 0.05) is 51.3 Å². The molecule has 0 bridgehead atoms. The summed E-state index contributed by atoms with van der Waals surface area (Å²) in [7, 11) is 0. The molecule has 1 aromatic carbocycles. The largest absolute Gasteiger partial charge is 0.368 e. The lowest BCUT2D eigenvalue weighted by atomic mass is 9.87. The quantitative estimate of drug-likeness (QED) is 0.797. The zero-order valence-electron chi connectivity index (χ0n) is 18.3. The van der Waals surface area contributed by atoms with Crippen molar-refractivity contribution in [2.45, 2.75) is 51.6 Å². The molecule has 1 unspecified atom stereocenters. The minimum absolute atomic E-state index is 0.00240. The maximum absolute atomic E-state index is 12.5. The number of carbonyl (C=O) groups excluding carboxylic acids is 3. The van der Waals surface area contributed by atoms with E-state index in [1.54, 1.807) is 9.80 Å². The number of nitrogens with one attached hydrogen (secondary N) is 1. The minimum Gasteiger partial charge on any atom is -0.368 e. The smallest absolute Gasteiger partial charge is 0.251 e. The first-order chi connectivity index (χ1) is 14.3. The molecule has 2 fully saturated rings. The predicted molar refractivity (Wildman–Crippen MR) is 114 cm³/mol. The Labute approximate surface area is 178 Å². The fourth-order valence-electron chi connectivity index (χ4n) is 3.82. The van der Waals surface area contributed by atoms with Gasteiger partial charge in [-0.2, -0.15) is 0 Å². The van der Waals surface area contributed by atoms with Crippen LogP contribution in [-0.4, -0.2) is 73.0 Å². The van der Waals surface area contributed by atoms with E-state index in [1.807, 2.05) is 24.3 Å². The summed E-state index contributed by atoms with van der Waals surface area (Å²) >= 11 is 0. The van der Waals surface area contributed by atoms with E-state index in [0.29, 0.717) is 44.9 Å². The van der Waals surface area contributed by atoms with Crippen LogP contribution in [0.3, 0.4) is 0 Å². The second-order valence-electron chi connectivity index (χ2n) is 9.04. The summed E-state index contributed by atoms with van der Waals surface area (Å²) in [4.78, 5) is 40.7. The summed E-state index contributed by atoms with van der Waals surface area (Å²) in [6.07, 6.45) is 1.67. The van der Waals surface area contributed by atoms with Gasteiger partial charge in [0.05, 0.1) is 0 Å². The molecule has 0 spiro atoms. The molecular weight excluding hydrogens is 382 g/mol. The summed E-state index contributed by atoms with van der Waals surface area (Å²) in [5.41, 5.74) is 1.81. The van der Waals surface area contributed by atoms with Gasteiger partial charge in [-0.1, -0.05) is 32.9 Å². The number of hydrogen-bond acceptors (Lipinski definition) is 4. The molecule has 2 aliphatic heterocycles. The van der Waals surface area contributed by atoms with Crippen molar-refractivity contribution in [3.63, 3.8) is 0 Å². The number of hydrogen-bond donors (Lipinski definition) is 1. The monoisotopic (exact) mass is 415 g/mol. The Morgan fingerprint density at radius 2 is 1.67 bits per heavy atom. The second kappa shape index (κ2) is 9.60. The van der Waals surface area contributed by atoms with E-state index in [0.717, 1.165) is 12.8 Å². The molecular formula is C23H33N3O4. The Balaban J connectivity index is 1.38. The van der Waals surface area contributed by atoms with Gasteiger partial charge < -0.3 is 19.9 Å². The molecule has 1 atom stereocenters. The third-order valence-corrected chi connectivity index (χ3v) is 5.79. The van der Waals surface area contributed by atoms with E-state index in [2.05, 4.69) is 26.1 Å². The Morgan fingerprint density at radius 3 is 2.23 bits per heavy atom. The van der Waals surface area contributed by atoms with Crippen molar-refractivity contribution in [3.05, 3.63) is 35.4 Å². The maximum Gasteiger partial charge on any atom is 0.251 e. The molecule has 1 N–H and O–H groups in total. The SMILES string of the molecule is CC(C)(C)c1ccc(C(=O)NCCC(=O)N2CCN(C(=O)C3CCCO3)CC2)cc1. The molecule has 0 aliphatic carbocycles. The molecule has 0 radical (unpaired) electrons. The number of carbonyl (C=O) groups is 3. The second-order valence-corrected chi connectivity index (χ2v) is 9.04. The number of ether oxygens (including phenoxy) is 1. The van der Waals surface area contributed by atoms with Crippen LogP contribution in [0, 0.1) is 0 Å². The molecule has 0 aromatic heterocycles. The van der Waals surface area contributed by atoms with E-state index < -0.39 is 0 Å². The van der Waals surface area contributed by atoms with Crippen molar-refractivity contribution in [1.29, 1.82) is 0 Å². The molecule has 2 aliphatic rings. The lowest BCUT2D eigenvalue weighted by Gasteiger charge is -2.35. The highest BCUT2D eigenvalue weighted by Gasteiger charge is 2.31. The molecule has 3 rings (SSSR count). The fourth-order valence-corrected chi connectivity index (χ4v) is 3.82. The summed E-state index contributed by atoms with van der Waals surface area (Å²) in [5, 5.41) is 2.82. The average Bonchev–Trinajstić information content (AvgIpc) is 3.27.